The first-order valence-electron chi connectivity index (χ1n) is 2.88. The van der Waals surface area contributed by atoms with Gasteiger partial charge in [-0.05, 0) is 21.0 Å². The van der Waals surface area contributed by atoms with E-state index in [2.05, 4.69) is 23.1 Å². The van der Waals surface area contributed by atoms with E-state index >= 15 is 0 Å². The van der Waals surface area contributed by atoms with E-state index in [1.807, 2.05) is 14.1 Å². The van der Waals surface area contributed by atoms with Gasteiger partial charge in [0.15, 0.2) is 0 Å². The average molecular weight is 117 g/mol. The summed E-state index contributed by atoms with van der Waals surface area (Å²) in [5, 5.41) is 3.10. The fourth-order valence-electron chi connectivity index (χ4n) is 0.357. The van der Waals surface area contributed by atoms with E-state index in [-0.39, 0.29) is 0 Å². The highest BCUT2D eigenvalue weighted by Gasteiger charge is 1.92. The molecular formula is C5H15N3. The Kier molecular flexibility index (Phi) is 4.95. The molecule has 3 nitrogen and oxygen atoms in total. The van der Waals surface area contributed by atoms with Crippen molar-refractivity contribution >= 4 is 0 Å². The van der Waals surface area contributed by atoms with Crippen LogP contribution in [-0.2, 0) is 0 Å². The fraction of sp³-hybridized carbons (Fsp3) is 1.00. The second-order valence-corrected chi connectivity index (χ2v) is 1.82. The normalized spacial score (nSPS) is 13.9. The smallest absolute Gasteiger partial charge is 0.0251 e. The number of nitrogens with one attached hydrogen (secondary N) is 3. The SMILES string of the molecule is CNNCC(C)NC. The van der Waals surface area contributed by atoms with Gasteiger partial charge in [-0.1, -0.05) is 0 Å². The summed E-state index contributed by atoms with van der Waals surface area (Å²) in [6.45, 7) is 3.07. The minimum atomic E-state index is 0.530. The molecule has 0 aliphatic rings. The topological polar surface area (TPSA) is 36.1 Å². The minimum Gasteiger partial charge on any atom is -0.316 e. The molecule has 0 saturated heterocycles. The predicted octanol–water partition coefficient (Wildman–Crippen LogP) is -0.682. The predicted molar refractivity (Wildman–Crippen MR) is 35.6 cm³/mol. The molecule has 0 fully saturated rings. The molecule has 0 spiro atoms. The minimum absolute atomic E-state index is 0.530. The molecule has 0 rings (SSSR count). The van der Waals surface area contributed by atoms with Crippen LogP contribution in [0.4, 0.5) is 0 Å². The molecule has 1 atom stereocenters. The van der Waals surface area contributed by atoms with Crippen molar-refractivity contribution in [3.8, 4) is 0 Å². The lowest BCUT2D eigenvalue weighted by molar-refractivity contribution is 0.501. The number of hydrogen-bond donors (Lipinski definition) is 3. The summed E-state index contributed by atoms with van der Waals surface area (Å²) in [7, 11) is 3.81. The second kappa shape index (κ2) is 5.03. The first-order valence-corrected chi connectivity index (χ1v) is 2.88. The molecule has 0 aromatic rings. The zero-order chi connectivity index (χ0) is 6.41. The molecule has 0 bridgehead atoms. The summed E-state index contributed by atoms with van der Waals surface area (Å²) in [6, 6.07) is 0.530. The quantitative estimate of drug-likeness (QED) is 0.427. The number of rotatable bonds is 4. The third-order valence-electron chi connectivity index (χ3n) is 1.08. The molecule has 0 aromatic heterocycles. The molecule has 8 heavy (non-hydrogen) atoms. The van der Waals surface area contributed by atoms with Gasteiger partial charge in [0.25, 0.3) is 0 Å². The molecule has 1 unspecified atom stereocenters. The lowest BCUT2D eigenvalue weighted by Crippen LogP contribution is -2.39. The number of hydrogen-bond acceptors (Lipinski definition) is 3. The Hall–Kier alpha value is -0.120. The second-order valence-electron chi connectivity index (χ2n) is 1.82. The van der Waals surface area contributed by atoms with Crippen LogP contribution in [0, 0.1) is 0 Å². The van der Waals surface area contributed by atoms with Gasteiger partial charge in [-0.3, -0.25) is 10.9 Å². The third kappa shape index (κ3) is 4.05. The molecule has 3 N–H and O–H groups in total. The molecule has 0 aliphatic heterocycles. The van der Waals surface area contributed by atoms with Crippen molar-refractivity contribution in [1.82, 2.24) is 16.2 Å². The molecular weight excluding hydrogens is 102 g/mol. The van der Waals surface area contributed by atoms with Crippen molar-refractivity contribution in [2.24, 2.45) is 0 Å². The summed E-state index contributed by atoms with van der Waals surface area (Å²) in [4.78, 5) is 0. The van der Waals surface area contributed by atoms with Crippen LogP contribution in [0.25, 0.3) is 0 Å². The van der Waals surface area contributed by atoms with E-state index < -0.39 is 0 Å². The standard InChI is InChI=1S/C5H15N3/c1-5(6-2)4-8-7-3/h5-8H,4H2,1-3H3. The Morgan fingerprint density at radius 1 is 1.38 bits per heavy atom. The van der Waals surface area contributed by atoms with Gasteiger partial charge in [-0.15, -0.1) is 0 Å². The largest absolute Gasteiger partial charge is 0.316 e. The lowest BCUT2D eigenvalue weighted by atomic mass is 10.3. The van der Waals surface area contributed by atoms with Gasteiger partial charge in [0.1, 0.15) is 0 Å². The van der Waals surface area contributed by atoms with Crippen LogP contribution in [0.3, 0.4) is 0 Å². The highest BCUT2D eigenvalue weighted by molar-refractivity contribution is 4.56. The summed E-state index contributed by atoms with van der Waals surface area (Å²) >= 11 is 0. The van der Waals surface area contributed by atoms with Gasteiger partial charge >= 0.3 is 0 Å². The summed E-state index contributed by atoms with van der Waals surface area (Å²) in [6.07, 6.45) is 0. The van der Waals surface area contributed by atoms with Crippen molar-refractivity contribution in [2.75, 3.05) is 20.6 Å². The maximum absolute atomic E-state index is 3.10. The Morgan fingerprint density at radius 3 is 2.38 bits per heavy atom. The maximum Gasteiger partial charge on any atom is 0.0251 e. The summed E-state index contributed by atoms with van der Waals surface area (Å²) in [5.41, 5.74) is 5.83. The molecule has 0 heterocycles. The van der Waals surface area contributed by atoms with Gasteiger partial charge in [-0.2, -0.15) is 0 Å². The van der Waals surface area contributed by atoms with Gasteiger partial charge in [0.05, 0.1) is 0 Å². The zero-order valence-electron chi connectivity index (χ0n) is 5.78. The van der Waals surface area contributed by atoms with Crippen LogP contribution >= 0.6 is 0 Å². The van der Waals surface area contributed by atoms with Gasteiger partial charge in [0, 0.05) is 12.6 Å². The maximum atomic E-state index is 3.10. The van der Waals surface area contributed by atoms with Crippen molar-refractivity contribution in [3.05, 3.63) is 0 Å². The molecule has 3 heteroatoms. The Balaban J connectivity index is 2.86. The monoisotopic (exact) mass is 117 g/mol. The lowest BCUT2D eigenvalue weighted by Gasteiger charge is -2.09. The summed E-state index contributed by atoms with van der Waals surface area (Å²) in [5.74, 6) is 0. The molecule has 0 radical (unpaired) electrons. The van der Waals surface area contributed by atoms with Crippen LogP contribution < -0.4 is 16.2 Å². The highest BCUT2D eigenvalue weighted by atomic mass is 15.3. The Bertz CT molecular complexity index is 46.9. The Morgan fingerprint density at radius 2 is 2.00 bits per heavy atom. The van der Waals surface area contributed by atoms with E-state index in [0.717, 1.165) is 6.54 Å². The number of hydrazine groups is 1. The third-order valence-corrected chi connectivity index (χ3v) is 1.08. The number of likely N-dealkylation sites (N-methyl/N-ethyl adjacent to an activating group) is 1. The van der Waals surface area contributed by atoms with Crippen molar-refractivity contribution in [1.29, 1.82) is 0 Å². The van der Waals surface area contributed by atoms with E-state index in [0.29, 0.717) is 6.04 Å². The average Bonchev–Trinajstić information content (AvgIpc) is 1.83. The van der Waals surface area contributed by atoms with Crippen molar-refractivity contribution in [2.45, 2.75) is 13.0 Å². The van der Waals surface area contributed by atoms with Crippen LogP contribution in [0.1, 0.15) is 6.92 Å². The molecule has 0 aromatic carbocycles. The van der Waals surface area contributed by atoms with Crippen molar-refractivity contribution < 1.29 is 0 Å². The van der Waals surface area contributed by atoms with E-state index in [4.69, 9.17) is 0 Å². The molecule has 0 aliphatic carbocycles. The van der Waals surface area contributed by atoms with Crippen molar-refractivity contribution in [3.63, 3.8) is 0 Å². The van der Waals surface area contributed by atoms with Gasteiger partial charge in [-0.25, -0.2) is 0 Å². The van der Waals surface area contributed by atoms with Gasteiger partial charge < -0.3 is 5.32 Å². The van der Waals surface area contributed by atoms with Crippen LogP contribution in [0.15, 0.2) is 0 Å². The van der Waals surface area contributed by atoms with Crippen LogP contribution in [-0.4, -0.2) is 26.7 Å². The molecule has 0 amide bonds. The molecule has 50 valence electrons. The van der Waals surface area contributed by atoms with Gasteiger partial charge in [0.2, 0.25) is 0 Å². The Labute approximate surface area is 50.8 Å². The fourth-order valence-corrected chi connectivity index (χ4v) is 0.357. The van der Waals surface area contributed by atoms with Crippen LogP contribution in [0.5, 0.6) is 0 Å². The van der Waals surface area contributed by atoms with E-state index in [9.17, 15) is 0 Å². The van der Waals surface area contributed by atoms with E-state index in [1.54, 1.807) is 0 Å². The first-order chi connectivity index (χ1) is 3.81. The highest BCUT2D eigenvalue weighted by Crippen LogP contribution is 1.70. The van der Waals surface area contributed by atoms with Crippen LogP contribution in [0.2, 0.25) is 0 Å². The summed E-state index contributed by atoms with van der Waals surface area (Å²) < 4.78 is 0. The molecule has 0 saturated carbocycles. The van der Waals surface area contributed by atoms with E-state index in [1.165, 1.54) is 0 Å². The zero-order valence-corrected chi connectivity index (χ0v) is 5.78. The first kappa shape index (κ1) is 7.88.